The van der Waals surface area contributed by atoms with Crippen LogP contribution in [-0.2, 0) is 11.2 Å². The molecule has 1 aromatic carbocycles. The second-order valence-corrected chi connectivity index (χ2v) is 6.17. The maximum atomic E-state index is 12.5. The van der Waals surface area contributed by atoms with Gasteiger partial charge in [-0.15, -0.1) is 0 Å². The molecule has 2 aliphatic rings. The number of hydrogen-bond acceptors (Lipinski definition) is 2. The molecule has 0 atom stereocenters. The number of amides is 1. The van der Waals surface area contributed by atoms with Crippen molar-refractivity contribution in [1.29, 1.82) is 0 Å². The van der Waals surface area contributed by atoms with Gasteiger partial charge in [-0.3, -0.25) is 4.79 Å². The van der Waals surface area contributed by atoms with Crippen LogP contribution in [0.2, 0.25) is 0 Å². The lowest BCUT2D eigenvalue weighted by Gasteiger charge is -2.40. The summed E-state index contributed by atoms with van der Waals surface area (Å²) in [6.45, 7) is 2.94. The van der Waals surface area contributed by atoms with Gasteiger partial charge in [-0.2, -0.15) is 0 Å². The molecule has 1 aliphatic carbocycles. The van der Waals surface area contributed by atoms with Gasteiger partial charge in [0.05, 0.1) is 0 Å². The zero-order valence-electron chi connectivity index (χ0n) is 11.6. The molecule has 1 heterocycles. The smallest absolute Gasteiger partial charge is 0.228 e. The average Bonchev–Trinajstić information content (AvgIpc) is 2.35. The van der Waals surface area contributed by atoms with Crippen molar-refractivity contribution in [3.05, 3.63) is 29.3 Å². The second kappa shape index (κ2) is 4.64. The molecule has 1 fully saturated rings. The Morgan fingerprint density at radius 2 is 2.16 bits per heavy atom. The molecule has 3 rings (SSSR count). The summed E-state index contributed by atoms with van der Waals surface area (Å²) in [6.07, 6.45) is 5.79. The van der Waals surface area contributed by atoms with E-state index >= 15 is 0 Å². The number of rotatable bonds is 2. The highest BCUT2D eigenvalue weighted by molar-refractivity contribution is 5.95. The highest BCUT2D eigenvalue weighted by Gasteiger charge is 2.36. The third kappa shape index (κ3) is 2.39. The van der Waals surface area contributed by atoms with E-state index in [-0.39, 0.29) is 11.4 Å². The van der Waals surface area contributed by atoms with Gasteiger partial charge in [0, 0.05) is 24.2 Å². The van der Waals surface area contributed by atoms with E-state index in [1.165, 1.54) is 17.5 Å². The quantitative estimate of drug-likeness (QED) is 0.886. The van der Waals surface area contributed by atoms with E-state index in [1.807, 2.05) is 4.90 Å². The molecule has 0 radical (unpaired) electrons. The van der Waals surface area contributed by atoms with Crippen LogP contribution in [0, 0.1) is 6.92 Å². The van der Waals surface area contributed by atoms with Crippen LogP contribution in [0.5, 0.6) is 0 Å². The molecule has 3 nitrogen and oxygen atoms in total. The first-order valence-electron chi connectivity index (χ1n) is 7.26. The third-order valence-electron chi connectivity index (χ3n) is 4.51. The number of aryl methyl sites for hydroxylation is 2. The van der Waals surface area contributed by atoms with Crippen molar-refractivity contribution >= 4 is 11.6 Å². The monoisotopic (exact) mass is 258 g/mol. The molecular weight excluding hydrogens is 236 g/mol. The number of nitrogens with two attached hydrogens (primary N) is 1. The molecule has 0 spiro atoms. The normalized spacial score (nSPS) is 20.6. The lowest BCUT2D eigenvalue weighted by Crippen LogP contribution is -2.51. The van der Waals surface area contributed by atoms with Gasteiger partial charge in [0.15, 0.2) is 0 Å². The Bertz CT molecular complexity index is 505. The Kier molecular flexibility index (Phi) is 3.09. The first kappa shape index (κ1) is 12.7. The Hall–Kier alpha value is -1.35. The molecule has 0 bridgehead atoms. The molecule has 2 N–H and O–H groups in total. The Labute approximate surface area is 114 Å². The molecule has 1 aliphatic heterocycles. The molecule has 1 saturated carbocycles. The molecule has 1 amide bonds. The summed E-state index contributed by atoms with van der Waals surface area (Å²) >= 11 is 0. The van der Waals surface area contributed by atoms with Gasteiger partial charge in [-0.1, -0.05) is 17.7 Å². The van der Waals surface area contributed by atoms with E-state index < -0.39 is 0 Å². The average molecular weight is 258 g/mol. The zero-order chi connectivity index (χ0) is 13.5. The standard InChI is InChI=1S/C16H22N2O/c1-12-5-6-14-13(10-12)4-2-9-18(14)15(19)11-16(17)7-3-8-16/h5-6,10H,2-4,7-9,11,17H2,1H3. The summed E-state index contributed by atoms with van der Waals surface area (Å²) in [7, 11) is 0. The first-order valence-corrected chi connectivity index (χ1v) is 7.26. The van der Waals surface area contributed by atoms with Crippen LogP contribution < -0.4 is 10.6 Å². The second-order valence-electron chi connectivity index (χ2n) is 6.17. The lowest BCUT2D eigenvalue weighted by molar-refractivity contribution is -0.120. The van der Waals surface area contributed by atoms with Crippen LogP contribution in [-0.4, -0.2) is 18.0 Å². The number of fused-ring (bicyclic) bond motifs is 1. The Morgan fingerprint density at radius 3 is 2.84 bits per heavy atom. The van der Waals surface area contributed by atoms with Crippen molar-refractivity contribution in [2.45, 2.75) is 51.0 Å². The van der Waals surface area contributed by atoms with Crippen molar-refractivity contribution in [3.63, 3.8) is 0 Å². The van der Waals surface area contributed by atoms with Gasteiger partial charge in [-0.05, 0) is 50.7 Å². The van der Waals surface area contributed by atoms with E-state index in [4.69, 9.17) is 5.73 Å². The number of carbonyl (C=O) groups is 1. The molecule has 1 aromatic rings. The van der Waals surface area contributed by atoms with Gasteiger partial charge in [0.1, 0.15) is 0 Å². The third-order valence-corrected chi connectivity index (χ3v) is 4.51. The summed E-state index contributed by atoms with van der Waals surface area (Å²) in [5.74, 6) is 0.201. The zero-order valence-corrected chi connectivity index (χ0v) is 11.6. The van der Waals surface area contributed by atoms with E-state index in [2.05, 4.69) is 25.1 Å². The lowest BCUT2D eigenvalue weighted by atomic mass is 9.75. The highest BCUT2D eigenvalue weighted by atomic mass is 16.2. The fraction of sp³-hybridized carbons (Fsp3) is 0.562. The Morgan fingerprint density at radius 1 is 1.37 bits per heavy atom. The van der Waals surface area contributed by atoms with Crippen molar-refractivity contribution in [2.24, 2.45) is 5.73 Å². The van der Waals surface area contributed by atoms with Gasteiger partial charge in [-0.25, -0.2) is 0 Å². The molecule has 0 saturated heterocycles. The SMILES string of the molecule is Cc1ccc2c(c1)CCCN2C(=O)CC1(N)CCC1. The fourth-order valence-corrected chi connectivity index (χ4v) is 3.19. The van der Waals surface area contributed by atoms with Crippen LogP contribution in [0.25, 0.3) is 0 Å². The molecule has 3 heteroatoms. The first-order chi connectivity index (χ1) is 9.07. The van der Waals surface area contributed by atoms with E-state index in [9.17, 15) is 4.79 Å². The predicted molar refractivity (Wildman–Crippen MR) is 77.2 cm³/mol. The summed E-state index contributed by atoms with van der Waals surface area (Å²) in [5, 5.41) is 0. The van der Waals surface area contributed by atoms with Crippen LogP contribution >= 0.6 is 0 Å². The summed E-state index contributed by atoms with van der Waals surface area (Å²) in [4.78, 5) is 14.4. The maximum Gasteiger partial charge on any atom is 0.228 e. The van der Waals surface area contributed by atoms with Crippen molar-refractivity contribution < 1.29 is 4.79 Å². The van der Waals surface area contributed by atoms with E-state index in [1.54, 1.807) is 0 Å². The van der Waals surface area contributed by atoms with Crippen molar-refractivity contribution in [2.75, 3.05) is 11.4 Å². The topological polar surface area (TPSA) is 46.3 Å². The van der Waals surface area contributed by atoms with Gasteiger partial charge in [0.25, 0.3) is 0 Å². The number of carbonyl (C=O) groups excluding carboxylic acids is 1. The largest absolute Gasteiger partial charge is 0.325 e. The molecule has 0 unspecified atom stereocenters. The van der Waals surface area contributed by atoms with E-state index in [0.29, 0.717) is 6.42 Å². The number of nitrogens with zero attached hydrogens (tertiary/aromatic N) is 1. The van der Waals surface area contributed by atoms with Gasteiger partial charge in [0.2, 0.25) is 5.91 Å². The summed E-state index contributed by atoms with van der Waals surface area (Å²) in [5.41, 5.74) is 9.66. The predicted octanol–water partition coefficient (Wildman–Crippen LogP) is 2.55. The molecular formula is C16H22N2O. The number of benzene rings is 1. The maximum absolute atomic E-state index is 12.5. The van der Waals surface area contributed by atoms with Crippen LogP contribution in [0.1, 0.15) is 43.2 Å². The minimum atomic E-state index is -0.223. The minimum absolute atomic E-state index is 0.201. The number of anilines is 1. The highest BCUT2D eigenvalue weighted by Crippen LogP contribution is 2.35. The van der Waals surface area contributed by atoms with Crippen LogP contribution in [0.3, 0.4) is 0 Å². The van der Waals surface area contributed by atoms with Crippen molar-refractivity contribution in [3.8, 4) is 0 Å². The number of hydrogen-bond donors (Lipinski definition) is 1. The molecule has 102 valence electrons. The Balaban J connectivity index is 1.81. The van der Waals surface area contributed by atoms with Gasteiger partial charge >= 0.3 is 0 Å². The summed E-state index contributed by atoms with van der Waals surface area (Å²) < 4.78 is 0. The van der Waals surface area contributed by atoms with Crippen LogP contribution in [0.4, 0.5) is 5.69 Å². The van der Waals surface area contributed by atoms with Crippen molar-refractivity contribution in [1.82, 2.24) is 0 Å². The molecule has 19 heavy (non-hydrogen) atoms. The van der Waals surface area contributed by atoms with Crippen LogP contribution in [0.15, 0.2) is 18.2 Å². The van der Waals surface area contributed by atoms with Gasteiger partial charge < -0.3 is 10.6 Å². The summed E-state index contributed by atoms with van der Waals surface area (Å²) in [6, 6.07) is 6.38. The minimum Gasteiger partial charge on any atom is -0.325 e. The van der Waals surface area contributed by atoms with E-state index in [0.717, 1.165) is 37.9 Å². The molecule has 0 aromatic heterocycles. The fourth-order valence-electron chi connectivity index (χ4n) is 3.19.